The summed E-state index contributed by atoms with van der Waals surface area (Å²) in [5.41, 5.74) is 3.50. The molecule has 0 saturated heterocycles. The minimum atomic E-state index is -4.23. The molecule has 2 amide bonds. The summed E-state index contributed by atoms with van der Waals surface area (Å²) in [6, 6.07) is 27.1. The Morgan fingerprint density at radius 2 is 1.52 bits per heavy atom. The summed E-state index contributed by atoms with van der Waals surface area (Å²) in [5, 5.41) is 4.08. The van der Waals surface area contributed by atoms with Gasteiger partial charge in [0.05, 0.1) is 10.6 Å². The van der Waals surface area contributed by atoms with Crippen LogP contribution in [0.2, 0.25) is 10.0 Å². The van der Waals surface area contributed by atoms with Crippen molar-refractivity contribution < 1.29 is 18.0 Å². The Bertz CT molecular complexity index is 1830. The van der Waals surface area contributed by atoms with E-state index in [-0.39, 0.29) is 35.5 Å². The van der Waals surface area contributed by atoms with Crippen LogP contribution in [0.5, 0.6) is 0 Å². The lowest BCUT2D eigenvalue weighted by molar-refractivity contribution is -0.140. The van der Waals surface area contributed by atoms with E-state index < -0.39 is 28.5 Å². The first-order chi connectivity index (χ1) is 23.0. The van der Waals surface area contributed by atoms with Crippen LogP contribution < -0.4 is 9.62 Å². The highest BCUT2D eigenvalue weighted by Crippen LogP contribution is 2.29. The van der Waals surface area contributed by atoms with Gasteiger partial charge in [0.2, 0.25) is 11.8 Å². The van der Waals surface area contributed by atoms with Gasteiger partial charge in [-0.3, -0.25) is 13.9 Å². The molecule has 1 atom stereocenters. The molecular weight excluding hydrogens is 665 g/mol. The maximum Gasteiger partial charge on any atom is 0.264 e. The van der Waals surface area contributed by atoms with Gasteiger partial charge in [-0.05, 0) is 79.8 Å². The lowest BCUT2D eigenvalue weighted by Gasteiger charge is -2.35. The zero-order valence-corrected chi connectivity index (χ0v) is 29.6. The Balaban J connectivity index is 1.58. The first kappa shape index (κ1) is 35.5. The second kappa shape index (κ2) is 16.0. The topological polar surface area (TPSA) is 86.8 Å². The molecule has 252 valence electrons. The van der Waals surface area contributed by atoms with Crippen molar-refractivity contribution in [3.05, 3.63) is 129 Å². The van der Waals surface area contributed by atoms with Crippen molar-refractivity contribution in [3.63, 3.8) is 0 Å². The predicted octanol–water partition coefficient (Wildman–Crippen LogP) is 7.89. The highest BCUT2D eigenvalue weighted by molar-refractivity contribution is 7.92. The van der Waals surface area contributed by atoms with Gasteiger partial charge in [0, 0.05) is 29.1 Å². The molecule has 4 aromatic carbocycles. The molecular formula is C38H41Cl2N3O4S. The summed E-state index contributed by atoms with van der Waals surface area (Å²) in [4.78, 5) is 30.5. The standard InChI is InChI=1S/C38H41Cl2N3O4S/c1-27-16-20-34(21-17-27)48(46,47)43(33-19-18-28(2)35(40)24-33)26-37(44)42(25-30-12-9-13-31(39)22-30)36(23-29-10-5-3-6-11-29)38(45)41-32-14-7-4-8-15-32/h3,5-6,9-13,16-22,24,32,36H,4,7-8,14-15,23,25-26H2,1-2H3,(H,41,45)/t36-/m1/s1. The number of benzene rings is 4. The number of sulfonamides is 1. The van der Waals surface area contributed by atoms with Gasteiger partial charge in [-0.25, -0.2) is 8.42 Å². The number of anilines is 1. The van der Waals surface area contributed by atoms with E-state index in [0.717, 1.165) is 53.1 Å². The second-order valence-electron chi connectivity index (χ2n) is 12.5. The van der Waals surface area contributed by atoms with Crippen LogP contribution in [0.3, 0.4) is 0 Å². The molecule has 0 spiro atoms. The Morgan fingerprint density at radius 1 is 0.833 bits per heavy atom. The van der Waals surface area contributed by atoms with Crippen LogP contribution in [0.4, 0.5) is 5.69 Å². The van der Waals surface area contributed by atoms with Gasteiger partial charge in [-0.2, -0.15) is 0 Å². The predicted molar refractivity (Wildman–Crippen MR) is 193 cm³/mol. The molecule has 1 saturated carbocycles. The van der Waals surface area contributed by atoms with E-state index in [1.54, 1.807) is 48.5 Å². The van der Waals surface area contributed by atoms with E-state index in [9.17, 15) is 18.0 Å². The lowest BCUT2D eigenvalue weighted by Crippen LogP contribution is -2.55. The summed E-state index contributed by atoms with van der Waals surface area (Å²) >= 11 is 12.8. The smallest absolute Gasteiger partial charge is 0.264 e. The molecule has 1 aliphatic carbocycles. The summed E-state index contributed by atoms with van der Waals surface area (Å²) in [7, 11) is -4.23. The fourth-order valence-corrected chi connectivity index (χ4v) is 7.83. The Labute approximate surface area is 293 Å². The van der Waals surface area contributed by atoms with Crippen LogP contribution in [0.1, 0.15) is 54.4 Å². The normalized spacial score (nSPS) is 14.2. The molecule has 4 aromatic rings. The minimum Gasteiger partial charge on any atom is -0.352 e. The van der Waals surface area contributed by atoms with Crippen LogP contribution in [-0.4, -0.2) is 43.8 Å². The van der Waals surface area contributed by atoms with Gasteiger partial charge >= 0.3 is 0 Å². The third-order valence-corrected chi connectivity index (χ3v) is 11.2. The Morgan fingerprint density at radius 3 is 2.19 bits per heavy atom. The van der Waals surface area contributed by atoms with Crippen LogP contribution in [-0.2, 0) is 32.6 Å². The van der Waals surface area contributed by atoms with Crippen molar-refractivity contribution in [2.24, 2.45) is 0 Å². The quantitative estimate of drug-likeness (QED) is 0.162. The third-order valence-electron chi connectivity index (χ3n) is 8.80. The molecule has 1 N–H and O–H groups in total. The first-order valence-corrected chi connectivity index (χ1v) is 18.4. The third kappa shape index (κ3) is 8.98. The van der Waals surface area contributed by atoms with E-state index >= 15 is 0 Å². The Hall–Kier alpha value is -3.85. The number of nitrogens with zero attached hydrogens (tertiary/aromatic N) is 2. The molecule has 0 unspecified atom stereocenters. The van der Waals surface area contributed by atoms with Crippen LogP contribution >= 0.6 is 23.2 Å². The van der Waals surface area contributed by atoms with Crippen LogP contribution in [0.25, 0.3) is 0 Å². The van der Waals surface area contributed by atoms with E-state index in [0.29, 0.717) is 15.6 Å². The fourth-order valence-electron chi connectivity index (χ4n) is 6.03. The number of carbonyl (C=O) groups is 2. The molecule has 0 heterocycles. The lowest BCUT2D eigenvalue weighted by atomic mass is 9.94. The summed E-state index contributed by atoms with van der Waals surface area (Å²) < 4.78 is 29.6. The summed E-state index contributed by atoms with van der Waals surface area (Å²) in [5.74, 6) is -0.811. The average Bonchev–Trinajstić information content (AvgIpc) is 3.07. The van der Waals surface area contributed by atoms with Crippen molar-refractivity contribution >= 4 is 50.7 Å². The molecule has 5 rings (SSSR count). The number of aryl methyl sites for hydroxylation is 2. The number of amides is 2. The van der Waals surface area contributed by atoms with Crippen molar-refractivity contribution in [3.8, 4) is 0 Å². The molecule has 0 aromatic heterocycles. The van der Waals surface area contributed by atoms with Gasteiger partial charge in [-0.1, -0.05) is 109 Å². The molecule has 7 nitrogen and oxygen atoms in total. The molecule has 48 heavy (non-hydrogen) atoms. The van der Waals surface area contributed by atoms with Crippen molar-refractivity contribution in [2.45, 2.75) is 75.9 Å². The van der Waals surface area contributed by atoms with Crippen LogP contribution in [0.15, 0.2) is 102 Å². The van der Waals surface area contributed by atoms with Crippen molar-refractivity contribution in [1.29, 1.82) is 0 Å². The van der Waals surface area contributed by atoms with Gasteiger partial charge in [0.1, 0.15) is 12.6 Å². The van der Waals surface area contributed by atoms with Gasteiger partial charge in [-0.15, -0.1) is 0 Å². The first-order valence-electron chi connectivity index (χ1n) is 16.2. The summed E-state index contributed by atoms with van der Waals surface area (Å²) in [6.07, 6.45) is 5.20. The molecule has 1 aliphatic rings. The van der Waals surface area contributed by atoms with E-state index in [1.165, 1.54) is 17.0 Å². The van der Waals surface area contributed by atoms with Gasteiger partial charge < -0.3 is 10.2 Å². The SMILES string of the molecule is Cc1ccc(S(=O)(=O)N(CC(=O)N(Cc2cccc(Cl)c2)[C@H](Cc2ccccc2)C(=O)NC2CCCCC2)c2ccc(C)c(Cl)c2)cc1. The molecule has 0 aliphatic heterocycles. The number of hydrogen-bond acceptors (Lipinski definition) is 4. The fraction of sp³-hybridized carbons (Fsp3) is 0.316. The maximum absolute atomic E-state index is 14.7. The molecule has 0 radical (unpaired) electrons. The number of halogens is 2. The monoisotopic (exact) mass is 705 g/mol. The minimum absolute atomic E-state index is 0.0146. The van der Waals surface area contributed by atoms with Crippen molar-refractivity contribution in [1.82, 2.24) is 10.2 Å². The number of nitrogens with one attached hydrogen (secondary N) is 1. The molecule has 0 bridgehead atoms. The second-order valence-corrected chi connectivity index (χ2v) is 15.2. The van der Waals surface area contributed by atoms with Gasteiger partial charge in [0.25, 0.3) is 10.0 Å². The van der Waals surface area contributed by atoms with Crippen molar-refractivity contribution in [2.75, 3.05) is 10.8 Å². The molecule has 1 fully saturated rings. The number of carbonyl (C=O) groups excluding carboxylic acids is 2. The van der Waals surface area contributed by atoms with E-state index in [2.05, 4.69) is 5.32 Å². The highest BCUT2D eigenvalue weighted by Gasteiger charge is 2.35. The number of rotatable bonds is 12. The zero-order chi connectivity index (χ0) is 34.3. The largest absolute Gasteiger partial charge is 0.352 e. The van der Waals surface area contributed by atoms with E-state index in [1.807, 2.05) is 50.2 Å². The Kier molecular flexibility index (Phi) is 11.8. The maximum atomic E-state index is 14.7. The highest BCUT2D eigenvalue weighted by atomic mass is 35.5. The zero-order valence-electron chi connectivity index (χ0n) is 27.2. The van der Waals surface area contributed by atoms with Gasteiger partial charge in [0.15, 0.2) is 0 Å². The van der Waals surface area contributed by atoms with Crippen LogP contribution in [0, 0.1) is 13.8 Å². The van der Waals surface area contributed by atoms with E-state index in [4.69, 9.17) is 23.2 Å². The number of hydrogen-bond donors (Lipinski definition) is 1. The summed E-state index contributed by atoms with van der Waals surface area (Å²) in [6.45, 7) is 3.18. The molecule has 10 heteroatoms. The average molecular weight is 707 g/mol.